The normalized spacial score (nSPS) is 15.5. The number of anilines is 1. The summed E-state index contributed by atoms with van der Waals surface area (Å²) in [5, 5.41) is 9.63. The predicted octanol–water partition coefficient (Wildman–Crippen LogP) is 3.96. The highest BCUT2D eigenvalue weighted by atomic mass is 127. The molecule has 29 heavy (non-hydrogen) atoms. The molecule has 0 heterocycles. The molecule has 1 aliphatic rings. The number of hydrogen-bond acceptors (Lipinski definition) is 3. The van der Waals surface area contributed by atoms with E-state index in [2.05, 4.69) is 33.9 Å². The molecule has 0 saturated heterocycles. The summed E-state index contributed by atoms with van der Waals surface area (Å²) in [6.45, 7) is 6.64. The Morgan fingerprint density at radius 1 is 1.21 bits per heavy atom. The largest absolute Gasteiger partial charge is 0.385 e. The molecule has 0 unspecified atom stereocenters. The minimum Gasteiger partial charge on any atom is -0.385 e. The maximum atomic E-state index is 12.3. The lowest BCUT2D eigenvalue weighted by atomic mass is 9.83. The van der Waals surface area contributed by atoms with Crippen LogP contribution in [0.5, 0.6) is 0 Å². The number of halogens is 1. The van der Waals surface area contributed by atoms with Crippen molar-refractivity contribution < 1.29 is 9.53 Å². The molecule has 6 nitrogen and oxygen atoms in total. The van der Waals surface area contributed by atoms with Crippen molar-refractivity contribution in [3.8, 4) is 0 Å². The SMILES string of the molecule is CCNC(=NCC(=O)Nc1cccc(CC)c1)NCC1(CCOC)CCCC1.I. The van der Waals surface area contributed by atoms with E-state index < -0.39 is 0 Å². The van der Waals surface area contributed by atoms with Crippen molar-refractivity contribution in [2.75, 3.05) is 38.7 Å². The molecule has 7 heteroatoms. The number of hydrogen-bond donors (Lipinski definition) is 3. The van der Waals surface area contributed by atoms with Gasteiger partial charge in [0.15, 0.2) is 5.96 Å². The van der Waals surface area contributed by atoms with Gasteiger partial charge < -0.3 is 20.7 Å². The summed E-state index contributed by atoms with van der Waals surface area (Å²) in [6.07, 6.45) is 7.00. The standard InChI is InChI=1S/C22H36N4O2.HI/c1-4-18-9-8-10-19(15-18)26-20(27)16-24-21(23-5-2)25-17-22(13-14-28-3)11-6-7-12-22;/h8-10,15H,4-7,11-14,16-17H2,1-3H3,(H,26,27)(H2,23,24,25);1H. The van der Waals surface area contributed by atoms with Crippen molar-refractivity contribution in [2.45, 2.75) is 52.4 Å². The molecule has 0 atom stereocenters. The fourth-order valence-electron chi connectivity index (χ4n) is 3.79. The monoisotopic (exact) mass is 516 g/mol. The van der Waals surface area contributed by atoms with Gasteiger partial charge in [-0.2, -0.15) is 0 Å². The highest BCUT2D eigenvalue weighted by molar-refractivity contribution is 14.0. The Morgan fingerprint density at radius 3 is 2.62 bits per heavy atom. The minimum atomic E-state index is -0.111. The number of guanidine groups is 1. The van der Waals surface area contributed by atoms with E-state index >= 15 is 0 Å². The molecule has 0 spiro atoms. The number of benzene rings is 1. The topological polar surface area (TPSA) is 74.8 Å². The Kier molecular flexibility index (Phi) is 12.2. The number of carbonyl (C=O) groups excluding carboxylic acids is 1. The van der Waals surface area contributed by atoms with Crippen molar-refractivity contribution >= 4 is 41.5 Å². The Labute approximate surface area is 192 Å². The molecule has 1 saturated carbocycles. The van der Waals surface area contributed by atoms with E-state index in [0.717, 1.165) is 38.2 Å². The molecule has 0 bridgehead atoms. The quantitative estimate of drug-likeness (QED) is 0.250. The molecular weight excluding hydrogens is 479 g/mol. The second-order valence-electron chi connectivity index (χ2n) is 7.60. The first-order valence-electron chi connectivity index (χ1n) is 10.5. The fraction of sp³-hybridized carbons (Fsp3) is 0.636. The molecule has 1 aliphatic carbocycles. The predicted molar refractivity (Wildman–Crippen MR) is 131 cm³/mol. The summed E-state index contributed by atoms with van der Waals surface area (Å²) in [5.41, 5.74) is 2.30. The summed E-state index contributed by atoms with van der Waals surface area (Å²) in [6, 6.07) is 7.93. The second kappa shape index (κ2) is 13.8. The summed E-state index contributed by atoms with van der Waals surface area (Å²) in [7, 11) is 1.76. The van der Waals surface area contributed by atoms with Crippen LogP contribution in [0, 0.1) is 5.41 Å². The van der Waals surface area contributed by atoms with E-state index in [4.69, 9.17) is 4.74 Å². The molecule has 0 aliphatic heterocycles. The molecule has 1 aromatic rings. The summed E-state index contributed by atoms with van der Waals surface area (Å²) >= 11 is 0. The Hall–Kier alpha value is -1.35. The third-order valence-corrected chi connectivity index (χ3v) is 5.48. The van der Waals surface area contributed by atoms with Gasteiger partial charge in [-0.1, -0.05) is 31.9 Å². The van der Waals surface area contributed by atoms with Crippen LogP contribution in [-0.4, -0.2) is 45.2 Å². The number of rotatable bonds is 10. The van der Waals surface area contributed by atoms with Crippen molar-refractivity contribution in [2.24, 2.45) is 10.4 Å². The molecule has 2 rings (SSSR count). The Balaban J connectivity index is 0.00000420. The number of amides is 1. The van der Waals surface area contributed by atoms with Gasteiger partial charge in [-0.3, -0.25) is 4.79 Å². The van der Waals surface area contributed by atoms with Gasteiger partial charge in [-0.25, -0.2) is 4.99 Å². The molecule has 164 valence electrons. The van der Waals surface area contributed by atoms with Crippen LogP contribution in [0.3, 0.4) is 0 Å². The highest BCUT2D eigenvalue weighted by Gasteiger charge is 2.33. The maximum Gasteiger partial charge on any atom is 0.246 e. The van der Waals surface area contributed by atoms with E-state index in [1.165, 1.54) is 31.2 Å². The molecular formula is C22H37IN4O2. The number of carbonyl (C=O) groups is 1. The van der Waals surface area contributed by atoms with Crippen LogP contribution in [0.4, 0.5) is 5.69 Å². The maximum absolute atomic E-state index is 12.3. The number of aryl methyl sites for hydroxylation is 1. The number of nitrogens with one attached hydrogen (secondary N) is 3. The number of aliphatic imine (C=N–C) groups is 1. The van der Waals surface area contributed by atoms with Gasteiger partial charge in [0.2, 0.25) is 5.91 Å². The van der Waals surface area contributed by atoms with Gasteiger partial charge in [-0.15, -0.1) is 24.0 Å². The average molecular weight is 516 g/mol. The number of methoxy groups -OCH3 is 1. The van der Waals surface area contributed by atoms with Gasteiger partial charge in [-0.05, 0) is 55.7 Å². The van der Waals surface area contributed by atoms with Gasteiger partial charge in [0.25, 0.3) is 0 Å². The summed E-state index contributed by atoms with van der Waals surface area (Å²) < 4.78 is 5.31. The lowest BCUT2D eigenvalue weighted by Gasteiger charge is -2.30. The van der Waals surface area contributed by atoms with Gasteiger partial charge in [0.1, 0.15) is 6.54 Å². The van der Waals surface area contributed by atoms with E-state index in [9.17, 15) is 4.79 Å². The van der Waals surface area contributed by atoms with Crippen LogP contribution in [-0.2, 0) is 16.0 Å². The van der Waals surface area contributed by atoms with Crippen LogP contribution in [0.1, 0.15) is 51.5 Å². The van der Waals surface area contributed by atoms with Crippen LogP contribution in [0.2, 0.25) is 0 Å². The molecule has 0 radical (unpaired) electrons. The smallest absolute Gasteiger partial charge is 0.246 e. The number of ether oxygens (including phenoxy) is 1. The molecule has 3 N–H and O–H groups in total. The average Bonchev–Trinajstić information content (AvgIpc) is 3.18. The zero-order valence-corrected chi connectivity index (χ0v) is 20.4. The van der Waals surface area contributed by atoms with E-state index in [0.29, 0.717) is 5.96 Å². The van der Waals surface area contributed by atoms with E-state index in [-0.39, 0.29) is 41.8 Å². The molecule has 0 aromatic heterocycles. The fourth-order valence-corrected chi connectivity index (χ4v) is 3.79. The van der Waals surface area contributed by atoms with Gasteiger partial charge in [0.05, 0.1) is 0 Å². The third kappa shape index (κ3) is 8.90. The van der Waals surface area contributed by atoms with Gasteiger partial charge >= 0.3 is 0 Å². The Bertz CT molecular complexity index is 645. The number of nitrogens with zero attached hydrogens (tertiary/aromatic N) is 1. The lowest BCUT2D eigenvalue weighted by Crippen LogP contribution is -2.43. The highest BCUT2D eigenvalue weighted by Crippen LogP contribution is 2.40. The summed E-state index contributed by atoms with van der Waals surface area (Å²) in [5.74, 6) is 0.587. The van der Waals surface area contributed by atoms with Crippen molar-refractivity contribution in [1.29, 1.82) is 0 Å². The first-order chi connectivity index (χ1) is 13.6. The van der Waals surface area contributed by atoms with Crippen molar-refractivity contribution in [3.05, 3.63) is 29.8 Å². The first-order valence-corrected chi connectivity index (χ1v) is 10.5. The molecule has 1 aromatic carbocycles. The minimum absolute atomic E-state index is 0. The molecule has 1 amide bonds. The first kappa shape index (κ1) is 25.7. The van der Waals surface area contributed by atoms with Crippen LogP contribution >= 0.6 is 24.0 Å². The van der Waals surface area contributed by atoms with Crippen LogP contribution in [0.15, 0.2) is 29.3 Å². The van der Waals surface area contributed by atoms with Crippen LogP contribution < -0.4 is 16.0 Å². The molecule has 1 fully saturated rings. The lowest BCUT2D eigenvalue weighted by molar-refractivity contribution is -0.114. The zero-order valence-electron chi connectivity index (χ0n) is 18.1. The second-order valence-corrected chi connectivity index (χ2v) is 7.60. The van der Waals surface area contributed by atoms with Crippen LogP contribution in [0.25, 0.3) is 0 Å². The summed E-state index contributed by atoms with van der Waals surface area (Å²) in [4.78, 5) is 16.8. The van der Waals surface area contributed by atoms with E-state index in [1.54, 1.807) is 7.11 Å². The third-order valence-electron chi connectivity index (χ3n) is 5.48. The van der Waals surface area contributed by atoms with E-state index in [1.807, 2.05) is 25.1 Å². The zero-order chi connectivity index (χ0) is 20.2. The Morgan fingerprint density at radius 2 is 1.97 bits per heavy atom. The van der Waals surface area contributed by atoms with Gasteiger partial charge in [0, 0.05) is 32.5 Å². The van der Waals surface area contributed by atoms with Crippen molar-refractivity contribution in [3.63, 3.8) is 0 Å². The van der Waals surface area contributed by atoms with Crippen molar-refractivity contribution in [1.82, 2.24) is 10.6 Å².